The maximum absolute atomic E-state index is 13.3. The van der Waals surface area contributed by atoms with Crippen LogP contribution in [0.1, 0.15) is 35.1 Å². The second-order valence-electron chi connectivity index (χ2n) is 8.71. The van der Waals surface area contributed by atoms with Crippen LogP contribution in [0.2, 0.25) is 0 Å². The van der Waals surface area contributed by atoms with E-state index in [1.165, 1.54) is 10.4 Å². The Labute approximate surface area is 193 Å². The molecule has 1 aliphatic heterocycles. The summed E-state index contributed by atoms with van der Waals surface area (Å²) < 4.78 is 28.0. The highest BCUT2D eigenvalue weighted by atomic mass is 32.2. The van der Waals surface area contributed by atoms with Gasteiger partial charge >= 0.3 is 0 Å². The monoisotopic (exact) mass is 462 g/mol. The molecule has 3 atom stereocenters. The molecule has 170 valence electrons. The zero-order chi connectivity index (χ0) is 23.2. The maximum Gasteiger partial charge on any atom is 0.243 e. The Hall–Kier alpha value is -3.29. The van der Waals surface area contributed by atoms with Gasteiger partial charge in [0.05, 0.1) is 10.9 Å². The van der Waals surface area contributed by atoms with Gasteiger partial charge in [0.25, 0.3) is 0 Å². The largest absolute Gasteiger partial charge is 0.508 e. The average Bonchev–Trinajstić information content (AvgIpc) is 3.29. The number of phenolic OH excluding ortho intramolecular Hbond substituents is 2. The first-order chi connectivity index (χ1) is 15.8. The molecule has 7 heteroatoms. The Morgan fingerprint density at radius 2 is 1.79 bits per heavy atom. The first-order valence-corrected chi connectivity index (χ1v) is 12.4. The molecule has 5 rings (SSSR count). The Kier molecular flexibility index (Phi) is 5.38. The number of fused-ring (bicyclic) bond motifs is 3. The van der Waals surface area contributed by atoms with E-state index in [-0.39, 0.29) is 34.3 Å². The first kappa shape index (κ1) is 21.6. The first-order valence-electron chi connectivity index (χ1n) is 10.9. The summed E-state index contributed by atoms with van der Waals surface area (Å²) in [4.78, 5) is 0.270. The summed E-state index contributed by atoms with van der Waals surface area (Å²) in [5.41, 5.74) is 3.44. The van der Waals surface area contributed by atoms with Crippen molar-refractivity contribution in [1.82, 2.24) is 4.31 Å². The van der Waals surface area contributed by atoms with Crippen LogP contribution in [0.4, 0.5) is 5.69 Å². The van der Waals surface area contributed by atoms with E-state index in [0.29, 0.717) is 6.54 Å². The standard InChI is InChI=1S/C26H26N2O4S/c1-28(16-17-6-3-2-4-7-17)33(31,32)19-11-13-24-23(15-19)20-8-5-9-21(20)26(27-24)22-12-10-18(29)14-25(22)30/h2-8,10-15,20-21,26-27,29-30H,9,16H2,1H3. The van der Waals surface area contributed by atoms with Gasteiger partial charge in [0, 0.05) is 36.8 Å². The molecule has 0 amide bonds. The zero-order valence-corrected chi connectivity index (χ0v) is 19.0. The summed E-state index contributed by atoms with van der Waals surface area (Å²) in [6.07, 6.45) is 5.05. The molecule has 0 aromatic heterocycles. The van der Waals surface area contributed by atoms with Gasteiger partial charge in [-0.25, -0.2) is 8.42 Å². The Morgan fingerprint density at radius 1 is 1.00 bits per heavy atom. The summed E-state index contributed by atoms with van der Waals surface area (Å²) in [5, 5.41) is 23.6. The van der Waals surface area contributed by atoms with Crippen molar-refractivity contribution in [3.8, 4) is 11.5 Å². The Morgan fingerprint density at radius 3 is 2.55 bits per heavy atom. The Bertz CT molecular complexity index is 1320. The maximum atomic E-state index is 13.3. The van der Waals surface area contributed by atoms with Crippen molar-refractivity contribution in [3.63, 3.8) is 0 Å². The predicted octanol–water partition coefficient (Wildman–Crippen LogP) is 4.75. The minimum Gasteiger partial charge on any atom is -0.508 e. The number of benzene rings is 3. The number of allylic oxidation sites excluding steroid dienone is 2. The van der Waals surface area contributed by atoms with E-state index >= 15 is 0 Å². The molecule has 1 aliphatic carbocycles. The van der Waals surface area contributed by atoms with Gasteiger partial charge in [0.15, 0.2) is 0 Å². The van der Waals surface area contributed by atoms with E-state index in [1.54, 1.807) is 31.3 Å². The second-order valence-corrected chi connectivity index (χ2v) is 10.8. The normalized spacial score (nSPS) is 21.5. The van der Waals surface area contributed by atoms with Crippen LogP contribution in [0.3, 0.4) is 0 Å². The molecule has 3 aromatic carbocycles. The molecule has 3 N–H and O–H groups in total. The number of rotatable bonds is 5. The zero-order valence-electron chi connectivity index (χ0n) is 18.2. The van der Waals surface area contributed by atoms with Gasteiger partial charge in [-0.2, -0.15) is 4.31 Å². The van der Waals surface area contributed by atoms with Crippen LogP contribution < -0.4 is 5.32 Å². The van der Waals surface area contributed by atoms with Crippen LogP contribution in [-0.2, 0) is 16.6 Å². The molecule has 0 spiro atoms. The topological polar surface area (TPSA) is 89.9 Å². The van der Waals surface area contributed by atoms with Crippen molar-refractivity contribution >= 4 is 15.7 Å². The van der Waals surface area contributed by atoms with E-state index in [9.17, 15) is 18.6 Å². The molecular weight excluding hydrogens is 436 g/mol. The number of hydrogen-bond acceptors (Lipinski definition) is 5. The lowest BCUT2D eigenvalue weighted by Crippen LogP contribution is -2.30. The third-order valence-corrected chi connectivity index (χ3v) is 8.44. The van der Waals surface area contributed by atoms with Crippen LogP contribution in [0, 0.1) is 5.92 Å². The fraction of sp³-hybridized carbons (Fsp3) is 0.231. The summed E-state index contributed by atoms with van der Waals surface area (Å²) in [6.45, 7) is 0.298. The molecule has 33 heavy (non-hydrogen) atoms. The van der Waals surface area contributed by atoms with Gasteiger partial charge in [-0.05, 0) is 53.8 Å². The van der Waals surface area contributed by atoms with E-state index < -0.39 is 10.0 Å². The van der Waals surface area contributed by atoms with E-state index in [4.69, 9.17) is 0 Å². The second kappa shape index (κ2) is 8.24. The van der Waals surface area contributed by atoms with Gasteiger partial charge < -0.3 is 15.5 Å². The third-order valence-electron chi connectivity index (χ3n) is 6.64. The molecule has 0 saturated heterocycles. The Balaban J connectivity index is 1.48. The number of phenols is 2. The fourth-order valence-corrected chi connectivity index (χ4v) is 6.14. The molecular formula is C26H26N2O4S. The third kappa shape index (κ3) is 3.87. The van der Waals surface area contributed by atoms with Crippen molar-refractivity contribution in [2.24, 2.45) is 5.92 Å². The molecule has 1 heterocycles. The number of nitrogens with one attached hydrogen (secondary N) is 1. The highest BCUT2D eigenvalue weighted by Crippen LogP contribution is 2.51. The molecule has 2 aliphatic rings. The van der Waals surface area contributed by atoms with Gasteiger partial charge in [-0.15, -0.1) is 0 Å². The molecule has 0 saturated carbocycles. The number of hydrogen-bond donors (Lipinski definition) is 3. The van der Waals surface area contributed by atoms with Crippen LogP contribution >= 0.6 is 0 Å². The minimum atomic E-state index is -3.66. The number of nitrogens with zero attached hydrogens (tertiary/aromatic N) is 1. The van der Waals surface area contributed by atoms with Crippen molar-refractivity contribution in [1.29, 1.82) is 0 Å². The van der Waals surface area contributed by atoms with Gasteiger partial charge in [-0.1, -0.05) is 42.5 Å². The van der Waals surface area contributed by atoms with Crippen LogP contribution in [0.15, 0.2) is 83.8 Å². The van der Waals surface area contributed by atoms with Gasteiger partial charge in [0.1, 0.15) is 11.5 Å². The number of sulfonamides is 1. The minimum absolute atomic E-state index is 0.0167. The smallest absolute Gasteiger partial charge is 0.243 e. The number of aromatic hydroxyl groups is 2. The van der Waals surface area contributed by atoms with Crippen molar-refractivity contribution in [3.05, 3.63) is 95.6 Å². The lowest BCUT2D eigenvalue weighted by Gasteiger charge is -2.38. The van der Waals surface area contributed by atoms with E-state index in [1.807, 2.05) is 36.4 Å². The fourth-order valence-electron chi connectivity index (χ4n) is 4.94. The summed E-state index contributed by atoms with van der Waals surface area (Å²) in [7, 11) is -2.06. The van der Waals surface area contributed by atoms with Crippen molar-refractivity contribution in [2.45, 2.75) is 29.8 Å². The average molecular weight is 463 g/mol. The highest BCUT2D eigenvalue weighted by molar-refractivity contribution is 7.89. The van der Waals surface area contributed by atoms with Crippen LogP contribution in [0.25, 0.3) is 0 Å². The summed E-state index contributed by atoms with van der Waals surface area (Å²) in [5.74, 6) is 0.230. The van der Waals surface area contributed by atoms with Crippen molar-refractivity contribution < 1.29 is 18.6 Å². The van der Waals surface area contributed by atoms with Gasteiger partial charge in [-0.3, -0.25) is 0 Å². The molecule has 6 nitrogen and oxygen atoms in total. The van der Waals surface area contributed by atoms with Crippen LogP contribution in [0.5, 0.6) is 11.5 Å². The molecule has 0 radical (unpaired) electrons. The quantitative estimate of drug-likeness (QED) is 0.477. The van der Waals surface area contributed by atoms with E-state index in [0.717, 1.165) is 28.8 Å². The van der Waals surface area contributed by atoms with E-state index in [2.05, 4.69) is 17.5 Å². The summed E-state index contributed by atoms with van der Waals surface area (Å²) >= 11 is 0. The van der Waals surface area contributed by atoms with Crippen molar-refractivity contribution in [2.75, 3.05) is 12.4 Å². The molecule has 0 fully saturated rings. The van der Waals surface area contributed by atoms with Crippen LogP contribution in [-0.4, -0.2) is 30.0 Å². The van der Waals surface area contributed by atoms with Gasteiger partial charge in [0.2, 0.25) is 10.0 Å². The molecule has 3 aromatic rings. The lowest BCUT2D eigenvalue weighted by atomic mass is 9.77. The predicted molar refractivity (Wildman–Crippen MR) is 128 cm³/mol. The summed E-state index contributed by atoms with van der Waals surface area (Å²) in [6, 6.07) is 19.3. The molecule has 3 unspecified atom stereocenters. The number of anilines is 1. The SMILES string of the molecule is CN(Cc1ccccc1)S(=O)(=O)c1ccc2c(c1)C1C=CCC1C(c1ccc(O)cc1O)N2. The molecule has 0 bridgehead atoms. The lowest BCUT2D eigenvalue weighted by molar-refractivity contribution is 0.398. The highest BCUT2D eigenvalue weighted by Gasteiger charge is 2.39.